The fraction of sp³-hybridized carbons (Fsp3) is 0.529. The average molecular weight is 351 g/mol. The fourth-order valence-electron chi connectivity index (χ4n) is 3.15. The molecule has 0 radical (unpaired) electrons. The van der Waals surface area contributed by atoms with Crippen LogP contribution in [-0.2, 0) is 9.53 Å². The molecule has 6 heteroatoms. The molecule has 1 aromatic rings. The van der Waals surface area contributed by atoms with E-state index in [0.29, 0.717) is 0 Å². The van der Waals surface area contributed by atoms with Gasteiger partial charge in [-0.15, -0.1) is 11.8 Å². The number of fused-ring (bicyclic) bond motifs is 1. The largest absolute Gasteiger partial charge is 0.368 e. The van der Waals surface area contributed by atoms with Gasteiger partial charge in [-0.2, -0.15) is 0 Å². The van der Waals surface area contributed by atoms with Crippen molar-refractivity contribution < 1.29 is 9.53 Å². The summed E-state index contributed by atoms with van der Waals surface area (Å²) in [4.78, 5) is 18.8. The molecule has 0 aliphatic carbocycles. The molecule has 0 saturated carbocycles. The zero-order valence-corrected chi connectivity index (χ0v) is 15.7. The number of carbonyl (C=O) groups is 1. The van der Waals surface area contributed by atoms with Gasteiger partial charge in [0.05, 0.1) is 9.61 Å². The number of hydrogen-bond acceptors (Lipinski definition) is 5. The van der Waals surface area contributed by atoms with Gasteiger partial charge < -0.3 is 4.74 Å². The number of thioether (sulfide) groups is 2. The van der Waals surface area contributed by atoms with Crippen LogP contribution < -0.4 is 0 Å². The number of β-lactam (4-membered cyclic amide) rings is 1. The summed E-state index contributed by atoms with van der Waals surface area (Å²) in [6.07, 6.45) is 1.48. The number of hydrogen-bond donors (Lipinski definition) is 0. The normalized spacial score (nSPS) is 27.8. The number of amides is 1. The quantitative estimate of drug-likeness (QED) is 0.777. The SMILES string of the molecule is CO[C@H]1C(=O)N2C(C(C)(C)C)=C(C)C(Sc3ccccn3)S[C@H]12. The molecule has 1 saturated heterocycles. The topological polar surface area (TPSA) is 42.4 Å². The van der Waals surface area contributed by atoms with Crippen molar-refractivity contribution in [1.29, 1.82) is 0 Å². The van der Waals surface area contributed by atoms with Crippen LogP contribution in [0, 0.1) is 5.41 Å². The van der Waals surface area contributed by atoms with Crippen LogP contribution in [0.15, 0.2) is 40.7 Å². The number of allylic oxidation sites excluding steroid dienone is 1. The first-order valence-electron chi connectivity index (χ1n) is 7.65. The maximum absolute atomic E-state index is 12.4. The summed E-state index contributed by atoms with van der Waals surface area (Å²) in [5, 5.41) is 1.07. The zero-order chi connectivity index (χ0) is 16.8. The van der Waals surface area contributed by atoms with Crippen molar-refractivity contribution in [3.8, 4) is 0 Å². The third-order valence-corrected chi connectivity index (χ3v) is 7.07. The Morgan fingerprint density at radius 3 is 2.65 bits per heavy atom. The van der Waals surface area contributed by atoms with E-state index in [-0.39, 0.29) is 27.4 Å². The molecule has 2 aliphatic heterocycles. The number of aromatic nitrogens is 1. The third-order valence-electron chi connectivity index (χ3n) is 4.06. The van der Waals surface area contributed by atoms with Crippen LogP contribution in [0.4, 0.5) is 0 Å². The van der Waals surface area contributed by atoms with Gasteiger partial charge in [0.15, 0.2) is 6.10 Å². The smallest absolute Gasteiger partial charge is 0.260 e. The van der Waals surface area contributed by atoms with Gasteiger partial charge in [-0.3, -0.25) is 9.69 Å². The Balaban J connectivity index is 1.96. The minimum atomic E-state index is -0.336. The molecule has 1 aromatic heterocycles. The van der Waals surface area contributed by atoms with Crippen LogP contribution in [0.2, 0.25) is 0 Å². The van der Waals surface area contributed by atoms with E-state index in [1.54, 1.807) is 30.6 Å². The van der Waals surface area contributed by atoms with Crippen LogP contribution in [-0.4, -0.2) is 39.0 Å². The Morgan fingerprint density at radius 1 is 1.35 bits per heavy atom. The first kappa shape index (κ1) is 16.9. The summed E-state index contributed by atoms with van der Waals surface area (Å²) in [6, 6.07) is 5.96. The number of rotatable bonds is 3. The van der Waals surface area contributed by atoms with Gasteiger partial charge in [-0.1, -0.05) is 38.6 Å². The molecule has 3 heterocycles. The molecule has 0 spiro atoms. The molecule has 2 aliphatic rings. The molecular formula is C17H22N2O2S2. The standard InChI is InChI=1S/C17H22N2O2S2/c1-10-13(17(2,3)4)19-14(20)12(21-5)15(19)23-16(10)22-11-8-6-7-9-18-11/h6-9,12,15-16H,1-5H3/t12-,15+,16?/m0/s1. The van der Waals surface area contributed by atoms with Crippen molar-refractivity contribution in [3.05, 3.63) is 35.7 Å². The molecule has 4 nitrogen and oxygen atoms in total. The number of methoxy groups -OCH3 is 1. The van der Waals surface area contributed by atoms with Gasteiger partial charge in [-0.25, -0.2) is 4.98 Å². The molecule has 3 atom stereocenters. The van der Waals surface area contributed by atoms with E-state index in [0.717, 1.165) is 10.7 Å². The average Bonchev–Trinajstić information content (AvgIpc) is 2.50. The highest BCUT2D eigenvalue weighted by Gasteiger charge is 2.55. The predicted octanol–water partition coefficient (Wildman–Crippen LogP) is 3.75. The van der Waals surface area contributed by atoms with Crippen LogP contribution in [0.3, 0.4) is 0 Å². The van der Waals surface area contributed by atoms with Gasteiger partial charge >= 0.3 is 0 Å². The summed E-state index contributed by atoms with van der Waals surface area (Å²) in [7, 11) is 1.61. The highest BCUT2D eigenvalue weighted by molar-refractivity contribution is 8.17. The first-order chi connectivity index (χ1) is 10.8. The molecule has 0 bridgehead atoms. The molecule has 1 fully saturated rings. The van der Waals surface area contributed by atoms with Crippen LogP contribution in [0.5, 0.6) is 0 Å². The minimum absolute atomic E-state index is 0.0617. The Hall–Kier alpha value is -0.980. The number of pyridine rings is 1. The Morgan fingerprint density at radius 2 is 2.09 bits per heavy atom. The van der Waals surface area contributed by atoms with Crippen molar-refractivity contribution in [1.82, 2.24) is 9.88 Å². The summed E-state index contributed by atoms with van der Waals surface area (Å²) in [5.74, 6) is 0.0792. The van der Waals surface area contributed by atoms with E-state index < -0.39 is 0 Å². The monoisotopic (exact) mass is 350 g/mol. The number of nitrogens with zero attached hydrogens (tertiary/aromatic N) is 2. The minimum Gasteiger partial charge on any atom is -0.368 e. The van der Waals surface area contributed by atoms with Crippen LogP contribution in [0.25, 0.3) is 0 Å². The van der Waals surface area contributed by atoms with Crippen molar-refractivity contribution in [3.63, 3.8) is 0 Å². The van der Waals surface area contributed by atoms with E-state index in [4.69, 9.17) is 4.74 Å². The summed E-state index contributed by atoms with van der Waals surface area (Å²) < 4.78 is 5.64. The molecule has 0 N–H and O–H groups in total. The highest BCUT2D eigenvalue weighted by Crippen LogP contribution is 2.53. The number of ether oxygens (including phenoxy) is 1. The molecule has 124 valence electrons. The Kier molecular flexibility index (Phi) is 4.51. The van der Waals surface area contributed by atoms with Crippen molar-refractivity contribution >= 4 is 29.4 Å². The van der Waals surface area contributed by atoms with Crippen LogP contribution in [0.1, 0.15) is 27.7 Å². The lowest BCUT2D eigenvalue weighted by Gasteiger charge is -2.54. The maximum atomic E-state index is 12.4. The highest BCUT2D eigenvalue weighted by atomic mass is 32.2. The van der Waals surface area contributed by atoms with Gasteiger partial charge in [0.25, 0.3) is 5.91 Å². The Bertz CT molecular complexity index is 640. The van der Waals surface area contributed by atoms with Crippen LogP contribution >= 0.6 is 23.5 Å². The molecule has 23 heavy (non-hydrogen) atoms. The lowest BCUT2D eigenvalue weighted by atomic mass is 9.85. The second-order valence-corrected chi connectivity index (χ2v) is 9.44. The van der Waals surface area contributed by atoms with Gasteiger partial charge in [0.1, 0.15) is 5.37 Å². The molecular weight excluding hydrogens is 328 g/mol. The first-order valence-corrected chi connectivity index (χ1v) is 9.47. The van der Waals surface area contributed by atoms with Gasteiger partial charge in [-0.05, 0) is 24.6 Å². The van der Waals surface area contributed by atoms with Crippen molar-refractivity contribution in [2.24, 2.45) is 5.41 Å². The lowest BCUT2D eigenvalue weighted by Crippen LogP contribution is -2.66. The van der Waals surface area contributed by atoms with E-state index in [1.165, 1.54) is 5.57 Å². The van der Waals surface area contributed by atoms with Crippen molar-refractivity contribution in [2.45, 2.75) is 48.8 Å². The van der Waals surface area contributed by atoms with Gasteiger partial charge in [0, 0.05) is 24.4 Å². The zero-order valence-electron chi connectivity index (χ0n) is 14.1. The maximum Gasteiger partial charge on any atom is 0.260 e. The molecule has 3 rings (SSSR count). The number of carbonyl (C=O) groups excluding carboxylic acids is 1. The van der Waals surface area contributed by atoms with E-state index in [2.05, 4.69) is 32.7 Å². The predicted molar refractivity (Wildman–Crippen MR) is 95.1 cm³/mol. The van der Waals surface area contributed by atoms with E-state index in [9.17, 15) is 4.79 Å². The van der Waals surface area contributed by atoms with Gasteiger partial charge in [0.2, 0.25) is 0 Å². The summed E-state index contributed by atoms with van der Waals surface area (Å²) in [6.45, 7) is 8.62. The lowest BCUT2D eigenvalue weighted by molar-refractivity contribution is -0.159. The third kappa shape index (κ3) is 2.92. The van der Waals surface area contributed by atoms with E-state index >= 15 is 0 Å². The Labute approximate surface area is 146 Å². The summed E-state index contributed by atoms with van der Waals surface area (Å²) in [5.41, 5.74) is 2.30. The summed E-state index contributed by atoms with van der Waals surface area (Å²) >= 11 is 3.53. The van der Waals surface area contributed by atoms with Crippen molar-refractivity contribution in [2.75, 3.05) is 7.11 Å². The molecule has 0 aromatic carbocycles. The second-order valence-electron chi connectivity index (χ2n) is 6.79. The molecule has 1 unspecified atom stereocenters. The fourth-order valence-corrected chi connectivity index (χ4v) is 6.07. The van der Waals surface area contributed by atoms with E-state index in [1.807, 2.05) is 29.3 Å². The second kappa shape index (κ2) is 6.15. The molecule has 1 amide bonds.